The van der Waals surface area contributed by atoms with Gasteiger partial charge in [-0.25, -0.2) is 9.78 Å². The van der Waals surface area contributed by atoms with Gasteiger partial charge in [-0.05, 0) is 12.1 Å². The van der Waals surface area contributed by atoms with Crippen LogP contribution in [0.1, 0.15) is 10.4 Å². The van der Waals surface area contributed by atoms with Crippen LogP contribution >= 0.6 is 0 Å². The van der Waals surface area contributed by atoms with Crippen molar-refractivity contribution in [1.82, 2.24) is 9.55 Å². The molecule has 0 fully saturated rings. The Balaban J connectivity index is 2.02. The van der Waals surface area contributed by atoms with Gasteiger partial charge < -0.3 is 9.84 Å². The Morgan fingerprint density at radius 3 is 2.84 bits per heavy atom. The molecule has 0 saturated carbocycles. The van der Waals surface area contributed by atoms with Gasteiger partial charge in [-0.2, -0.15) is 0 Å². The minimum absolute atomic E-state index is 0.0982. The molecule has 0 amide bonds. The van der Waals surface area contributed by atoms with Crippen LogP contribution in [0.25, 0.3) is 0 Å². The molecule has 1 aromatic carbocycles. The van der Waals surface area contributed by atoms with E-state index in [2.05, 4.69) is 4.98 Å². The molecule has 0 bridgehead atoms. The molecule has 0 unspecified atom stereocenters. The van der Waals surface area contributed by atoms with Gasteiger partial charge in [0.25, 0.3) is 5.56 Å². The SMILES string of the molecule is O=C(O)c1ccccc1OCCn1cnccc1=O. The lowest BCUT2D eigenvalue weighted by Gasteiger charge is -2.09. The number of aromatic carboxylic acids is 1. The molecule has 1 heterocycles. The van der Waals surface area contributed by atoms with Gasteiger partial charge in [-0.3, -0.25) is 9.36 Å². The predicted molar refractivity (Wildman–Crippen MR) is 67.4 cm³/mol. The first-order valence-electron chi connectivity index (χ1n) is 5.64. The van der Waals surface area contributed by atoms with Crippen molar-refractivity contribution in [3.8, 4) is 5.75 Å². The number of carbonyl (C=O) groups is 1. The van der Waals surface area contributed by atoms with Gasteiger partial charge in [-0.1, -0.05) is 12.1 Å². The quantitative estimate of drug-likeness (QED) is 0.868. The number of nitrogens with zero attached hydrogens (tertiary/aromatic N) is 2. The van der Waals surface area contributed by atoms with Crippen molar-refractivity contribution in [2.24, 2.45) is 0 Å². The Labute approximate surface area is 108 Å². The molecule has 19 heavy (non-hydrogen) atoms. The highest BCUT2D eigenvalue weighted by Crippen LogP contribution is 2.17. The lowest BCUT2D eigenvalue weighted by Crippen LogP contribution is -2.22. The normalized spacial score (nSPS) is 10.1. The first kappa shape index (κ1) is 12.8. The molecule has 1 N–H and O–H groups in total. The van der Waals surface area contributed by atoms with Crippen molar-refractivity contribution in [1.29, 1.82) is 0 Å². The zero-order chi connectivity index (χ0) is 13.7. The van der Waals surface area contributed by atoms with Crippen LogP contribution in [0.15, 0.2) is 47.7 Å². The topological polar surface area (TPSA) is 81.4 Å². The van der Waals surface area contributed by atoms with Crippen LogP contribution in [0.3, 0.4) is 0 Å². The Morgan fingerprint density at radius 1 is 1.32 bits per heavy atom. The minimum atomic E-state index is -1.05. The van der Waals surface area contributed by atoms with Crippen molar-refractivity contribution in [2.75, 3.05) is 6.61 Å². The summed E-state index contributed by atoms with van der Waals surface area (Å²) in [5.41, 5.74) is -0.0776. The summed E-state index contributed by atoms with van der Waals surface area (Å²) in [5, 5.41) is 8.98. The Kier molecular flexibility index (Phi) is 3.92. The molecular weight excluding hydrogens is 248 g/mol. The molecule has 2 aromatic rings. The van der Waals surface area contributed by atoms with Gasteiger partial charge in [0.05, 0.1) is 12.9 Å². The second-order valence-corrected chi connectivity index (χ2v) is 3.76. The van der Waals surface area contributed by atoms with Crippen LogP contribution in [-0.4, -0.2) is 27.2 Å². The fraction of sp³-hybridized carbons (Fsp3) is 0.154. The molecule has 1 aromatic heterocycles. The highest BCUT2D eigenvalue weighted by molar-refractivity contribution is 5.90. The predicted octanol–water partition coefficient (Wildman–Crippen LogP) is 1.02. The molecule has 0 radical (unpaired) electrons. The third kappa shape index (κ3) is 3.19. The maximum atomic E-state index is 11.4. The van der Waals surface area contributed by atoms with Crippen LogP contribution in [0.4, 0.5) is 0 Å². The summed E-state index contributed by atoms with van der Waals surface area (Å²) >= 11 is 0. The standard InChI is InChI=1S/C13H12N2O4/c16-12-5-6-14-9-15(12)7-8-19-11-4-2-1-3-10(11)13(17)18/h1-6,9H,7-8H2,(H,17,18). The average molecular weight is 260 g/mol. The molecule has 98 valence electrons. The third-order valence-corrected chi connectivity index (χ3v) is 2.50. The number of carboxylic acids is 1. The van der Waals surface area contributed by atoms with Crippen LogP contribution in [0.5, 0.6) is 5.75 Å². The van der Waals surface area contributed by atoms with Gasteiger partial charge in [-0.15, -0.1) is 0 Å². The van der Waals surface area contributed by atoms with E-state index in [1.54, 1.807) is 18.2 Å². The van der Waals surface area contributed by atoms with E-state index in [0.29, 0.717) is 6.54 Å². The number of para-hydroxylation sites is 1. The molecule has 0 aliphatic rings. The Bertz CT molecular complexity index is 636. The van der Waals surface area contributed by atoms with Gasteiger partial charge in [0, 0.05) is 12.3 Å². The molecule has 0 aliphatic carbocycles. The van der Waals surface area contributed by atoms with E-state index in [1.807, 2.05) is 0 Å². The van der Waals surface area contributed by atoms with E-state index < -0.39 is 5.97 Å². The smallest absolute Gasteiger partial charge is 0.339 e. The summed E-state index contributed by atoms with van der Waals surface area (Å²) in [6.07, 6.45) is 2.83. The summed E-state index contributed by atoms with van der Waals surface area (Å²) in [6, 6.07) is 7.72. The number of ether oxygens (including phenoxy) is 1. The van der Waals surface area contributed by atoms with Gasteiger partial charge >= 0.3 is 5.97 Å². The van der Waals surface area contributed by atoms with Crippen molar-refractivity contribution in [3.05, 3.63) is 58.8 Å². The van der Waals surface area contributed by atoms with E-state index >= 15 is 0 Å². The Hall–Kier alpha value is -2.63. The molecule has 0 spiro atoms. The van der Waals surface area contributed by atoms with E-state index in [4.69, 9.17) is 9.84 Å². The van der Waals surface area contributed by atoms with Crippen molar-refractivity contribution in [3.63, 3.8) is 0 Å². The summed E-state index contributed by atoms with van der Waals surface area (Å²) in [4.78, 5) is 26.2. The van der Waals surface area contributed by atoms with E-state index in [9.17, 15) is 9.59 Å². The van der Waals surface area contributed by atoms with Gasteiger partial charge in [0.15, 0.2) is 0 Å². The van der Waals surface area contributed by atoms with Crippen LogP contribution in [-0.2, 0) is 6.54 Å². The molecule has 0 saturated heterocycles. The van der Waals surface area contributed by atoms with E-state index in [1.165, 1.54) is 29.2 Å². The largest absolute Gasteiger partial charge is 0.491 e. The Morgan fingerprint density at radius 2 is 2.11 bits per heavy atom. The van der Waals surface area contributed by atoms with Crippen molar-refractivity contribution >= 4 is 5.97 Å². The van der Waals surface area contributed by atoms with Crippen molar-refractivity contribution in [2.45, 2.75) is 6.54 Å². The number of carboxylic acid groups (broad SMARTS) is 1. The molecular formula is C13H12N2O4. The zero-order valence-corrected chi connectivity index (χ0v) is 10.0. The zero-order valence-electron chi connectivity index (χ0n) is 10.0. The summed E-state index contributed by atoms with van der Waals surface area (Å²) in [5.74, 6) is -0.763. The second-order valence-electron chi connectivity index (χ2n) is 3.76. The second kappa shape index (κ2) is 5.81. The minimum Gasteiger partial charge on any atom is -0.491 e. The van der Waals surface area contributed by atoms with Gasteiger partial charge in [0.1, 0.15) is 17.9 Å². The van der Waals surface area contributed by atoms with E-state index in [-0.39, 0.29) is 23.5 Å². The maximum absolute atomic E-state index is 11.4. The summed E-state index contributed by atoms with van der Waals surface area (Å²) < 4.78 is 6.78. The number of hydrogen-bond acceptors (Lipinski definition) is 4. The number of rotatable bonds is 5. The number of benzene rings is 1. The fourth-order valence-electron chi connectivity index (χ4n) is 1.57. The fourth-order valence-corrected chi connectivity index (χ4v) is 1.57. The highest BCUT2D eigenvalue weighted by Gasteiger charge is 2.09. The van der Waals surface area contributed by atoms with Gasteiger partial charge in [0.2, 0.25) is 0 Å². The number of hydrogen-bond donors (Lipinski definition) is 1. The number of aromatic nitrogens is 2. The highest BCUT2D eigenvalue weighted by atomic mass is 16.5. The van der Waals surface area contributed by atoms with Crippen LogP contribution < -0.4 is 10.3 Å². The molecule has 6 nitrogen and oxygen atoms in total. The van der Waals surface area contributed by atoms with E-state index in [0.717, 1.165) is 0 Å². The van der Waals surface area contributed by atoms with Crippen LogP contribution in [0.2, 0.25) is 0 Å². The third-order valence-electron chi connectivity index (χ3n) is 2.50. The molecule has 0 atom stereocenters. The van der Waals surface area contributed by atoms with Crippen molar-refractivity contribution < 1.29 is 14.6 Å². The summed E-state index contributed by atoms with van der Waals surface area (Å²) in [6.45, 7) is 0.497. The molecule has 0 aliphatic heterocycles. The van der Waals surface area contributed by atoms with Crippen LogP contribution in [0, 0.1) is 0 Å². The first-order chi connectivity index (χ1) is 9.18. The molecule has 6 heteroatoms. The summed E-state index contributed by atoms with van der Waals surface area (Å²) in [7, 11) is 0. The molecule has 2 rings (SSSR count). The monoisotopic (exact) mass is 260 g/mol. The lowest BCUT2D eigenvalue weighted by atomic mass is 10.2. The maximum Gasteiger partial charge on any atom is 0.339 e. The average Bonchev–Trinajstić information content (AvgIpc) is 2.41. The first-order valence-corrected chi connectivity index (χ1v) is 5.64. The lowest BCUT2D eigenvalue weighted by molar-refractivity contribution is 0.0692.